The van der Waals surface area contributed by atoms with E-state index < -0.39 is 0 Å². The van der Waals surface area contributed by atoms with E-state index in [0.717, 1.165) is 18.5 Å². The highest BCUT2D eigenvalue weighted by Crippen LogP contribution is 2.23. The van der Waals surface area contributed by atoms with Gasteiger partial charge in [-0.3, -0.25) is 9.69 Å². The molecule has 1 aliphatic heterocycles. The number of halogens is 1. The molecule has 0 saturated heterocycles. The Hall–Kier alpha value is -1.68. The molecule has 1 aromatic rings. The highest BCUT2D eigenvalue weighted by atomic mass is 19.1. The van der Waals surface area contributed by atoms with Crippen LogP contribution in [0.4, 0.5) is 4.39 Å². The summed E-state index contributed by atoms with van der Waals surface area (Å²) in [6.45, 7) is 3.32. The van der Waals surface area contributed by atoms with Crippen molar-refractivity contribution in [2.45, 2.75) is 19.4 Å². The van der Waals surface area contributed by atoms with Crippen LogP contribution in [0, 0.1) is 5.82 Å². The van der Waals surface area contributed by atoms with Crippen LogP contribution in [-0.4, -0.2) is 29.9 Å². The second kappa shape index (κ2) is 5.31. The van der Waals surface area contributed by atoms with Gasteiger partial charge in [-0.2, -0.15) is 0 Å². The molecule has 0 bridgehead atoms. The highest BCUT2D eigenvalue weighted by molar-refractivity contribution is 5.79. The number of benzene rings is 1. The second-order valence-electron chi connectivity index (χ2n) is 4.56. The van der Waals surface area contributed by atoms with Crippen molar-refractivity contribution >= 4 is 11.5 Å². The summed E-state index contributed by atoms with van der Waals surface area (Å²) < 4.78 is 12.8. The fraction of sp³-hybridized carbons (Fsp3) is 0.357. The van der Waals surface area contributed by atoms with Crippen molar-refractivity contribution in [2.24, 2.45) is 5.73 Å². The Morgan fingerprint density at radius 3 is 2.56 bits per heavy atom. The Morgan fingerprint density at radius 1 is 1.39 bits per heavy atom. The fourth-order valence-corrected chi connectivity index (χ4v) is 2.14. The molecule has 0 aromatic heterocycles. The first-order valence-electron chi connectivity index (χ1n) is 6.06. The third kappa shape index (κ3) is 2.76. The summed E-state index contributed by atoms with van der Waals surface area (Å²) in [6.07, 6.45) is 2.93. The summed E-state index contributed by atoms with van der Waals surface area (Å²) in [6, 6.07) is 6.27. The highest BCUT2D eigenvalue weighted by Gasteiger charge is 2.21. The molecule has 2 rings (SSSR count). The molecule has 0 aliphatic carbocycles. The molecule has 1 aliphatic rings. The standard InChI is InChI=1S/C14H17FN2O/c1-10(14(16)18)17-8-6-12(7-9-17)11-2-4-13(15)5-3-11/h2-6,10H,7-9H2,1H3,(H2,16,18)/t10-/m0/s1. The van der Waals surface area contributed by atoms with Gasteiger partial charge in [-0.25, -0.2) is 4.39 Å². The lowest BCUT2D eigenvalue weighted by Crippen LogP contribution is -2.44. The molecule has 0 fully saturated rings. The van der Waals surface area contributed by atoms with Crippen molar-refractivity contribution in [1.82, 2.24) is 4.90 Å². The molecular weight excluding hydrogens is 231 g/mol. The zero-order chi connectivity index (χ0) is 13.1. The number of amides is 1. The van der Waals surface area contributed by atoms with Crippen LogP contribution in [0.2, 0.25) is 0 Å². The number of primary amides is 1. The number of nitrogens with two attached hydrogens (primary N) is 1. The number of carbonyl (C=O) groups excluding carboxylic acids is 1. The first-order valence-corrected chi connectivity index (χ1v) is 6.06. The van der Waals surface area contributed by atoms with Crippen molar-refractivity contribution in [3.8, 4) is 0 Å². The maximum Gasteiger partial charge on any atom is 0.234 e. The molecule has 18 heavy (non-hydrogen) atoms. The summed E-state index contributed by atoms with van der Waals surface area (Å²) in [5.74, 6) is -0.521. The maximum atomic E-state index is 12.8. The number of nitrogens with zero attached hydrogens (tertiary/aromatic N) is 1. The van der Waals surface area contributed by atoms with Crippen molar-refractivity contribution in [3.63, 3.8) is 0 Å². The van der Waals surface area contributed by atoms with E-state index in [2.05, 4.69) is 6.08 Å². The van der Waals surface area contributed by atoms with E-state index in [1.54, 1.807) is 12.1 Å². The van der Waals surface area contributed by atoms with Crippen LogP contribution < -0.4 is 5.73 Å². The monoisotopic (exact) mass is 248 g/mol. The van der Waals surface area contributed by atoms with Crippen LogP contribution in [-0.2, 0) is 4.79 Å². The Kier molecular flexibility index (Phi) is 3.77. The zero-order valence-corrected chi connectivity index (χ0v) is 10.4. The number of hydrogen-bond acceptors (Lipinski definition) is 2. The van der Waals surface area contributed by atoms with Crippen LogP contribution in [0.3, 0.4) is 0 Å². The van der Waals surface area contributed by atoms with E-state index in [1.165, 1.54) is 17.7 Å². The minimum atomic E-state index is -0.298. The van der Waals surface area contributed by atoms with Crippen molar-refractivity contribution < 1.29 is 9.18 Å². The maximum absolute atomic E-state index is 12.8. The molecule has 1 heterocycles. The van der Waals surface area contributed by atoms with Crippen molar-refractivity contribution in [1.29, 1.82) is 0 Å². The van der Waals surface area contributed by atoms with Crippen LogP contribution in [0.15, 0.2) is 30.3 Å². The Morgan fingerprint density at radius 2 is 2.06 bits per heavy atom. The smallest absolute Gasteiger partial charge is 0.234 e. The molecule has 1 aromatic carbocycles. The van der Waals surface area contributed by atoms with E-state index in [4.69, 9.17) is 5.73 Å². The van der Waals surface area contributed by atoms with E-state index in [1.807, 2.05) is 11.8 Å². The molecule has 1 atom stereocenters. The molecule has 0 saturated carbocycles. The van der Waals surface area contributed by atoms with E-state index in [-0.39, 0.29) is 17.8 Å². The number of rotatable bonds is 3. The van der Waals surface area contributed by atoms with Gasteiger partial charge in [0.15, 0.2) is 0 Å². The molecular formula is C14H17FN2O. The Bertz CT molecular complexity index is 467. The number of carbonyl (C=O) groups is 1. The van der Waals surface area contributed by atoms with Crippen molar-refractivity contribution in [2.75, 3.05) is 13.1 Å². The van der Waals surface area contributed by atoms with Gasteiger partial charge in [0.2, 0.25) is 5.91 Å². The van der Waals surface area contributed by atoms with Crippen LogP contribution >= 0.6 is 0 Å². The first kappa shape index (κ1) is 12.8. The third-order valence-corrected chi connectivity index (χ3v) is 3.42. The van der Waals surface area contributed by atoms with Crippen LogP contribution in [0.1, 0.15) is 18.9 Å². The molecule has 0 spiro atoms. The van der Waals surface area contributed by atoms with Gasteiger partial charge in [-0.05, 0) is 36.6 Å². The lowest BCUT2D eigenvalue weighted by Gasteiger charge is -2.30. The van der Waals surface area contributed by atoms with E-state index in [9.17, 15) is 9.18 Å². The lowest BCUT2D eigenvalue weighted by atomic mass is 9.99. The summed E-state index contributed by atoms with van der Waals surface area (Å²) in [5, 5.41) is 0. The Balaban J connectivity index is 2.07. The van der Waals surface area contributed by atoms with Gasteiger partial charge in [0.25, 0.3) is 0 Å². The summed E-state index contributed by atoms with van der Waals surface area (Å²) in [4.78, 5) is 13.1. The normalized spacial score (nSPS) is 18.2. The van der Waals surface area contributed by atoms with Crippen molar-refractivity contribution in [3.05, 3.63) is 41.7 Å². The molecule has 0 unspecified atom stereocenters. The minimum absolute atomic E-state index is 0.223. The average Bonchev–Trinajstić information content (AvgIpc) is 2.39. The van der Waals surface area contributed by atoms with E-state index in [0.29, 0.717) is 6.54 Å². The van der Waals surface area contributed by atoms with Gasteiger partial charge in [-0.1, -0.05) is 18.2 Å². The van der Waals surface area contributed by atoms with E-state index >= 15 is 0 Å². The van der Waals surface area contributed by atoms with Crippen LogP contribution in [0.25, 0.3) is 5.57 Å². The molecule has 4 heteroatoms. The quantitative estimate of drug-likeness (QED) is 0.886. The zero-order valence-electron chi connectivity index (χ0n) is 10.4. The van der Waals surface area contributed by atoms with Gasteiger partial charge < -0.3 is 5.73 Å². The third-order valence-electron chi connectivity index (χ3n) is 3.42. The molecule has 1 amide bonds. The number of hydrogen-bond donors (Lipinski definition) is 1. The van der Waals surface area contributed by atoms with Gasteiger partial charge in [-0.15, -0.1) is 0 Å². The fourth-order valence-electron chi connectivity index (χ4n) is 2.14. The lowest BCUT2D eigenvalue weighted by molar-refractivity contribution is -0.122. The second-order valence-corrected chi connectivity index (χ2v) is 4.56. The predicted molar refractivity (Wildman–Crippen MR) is 69.2 cm³/mol. The molecule has 96 valence electrons. The SMILES string of the molecule is C[C@@H](C(N)=O)N1CC=C(c2ccc(F)cc2)CC1. The van der Waals surface area contributed by atoms with Gasteiger partial charge in [0.05, 0.1) is 6.04 Å². The first-order chi connectivity index (χ1) is 8.58. The molecule has 2 N–H and O–H groups in total. The molecule has 0 radical (unpaired) electrons. The summed E-state index contributed by atoms with van der Waals surface area (Å²) in [5.41, 5.74) is 7.53. The average molecular weight is 248 g/mol. The van der Waals surface area contributed by atoms with Gasteiger partial charge >= 0.3 is 0 Å². The minimum Gasteiger partial charge on any atom is -0.368 e. The van der Waals surface area contributed by atoms with Gasteiger partial charge in [0, 0.05) is 13.1 Å². The molecule has 3 nitrogen and oxygen atoms in total. The van der Waals surface area contributed by atoms with Gasteiger partial charge in [0.1, 0.15) is 5.82 Å². The summed E-state index contributed by atoms with van der Waals surface area (Å²) >= 11 is 0. The Labute approximate surface area is 106 Å². The van der Waals surface area contributed by atoms with Crippen LogP contribution in [0.5, 0.6) is 0 Å². The largest absolute Gasteiger partial charge is 0.368 e. The predicted octanol–water partition coefficient (Wildman–Crippen LogP) is 1.79. The topological polar surface area (TPSA) is 46.3 Å². The summed E-state index contributed by atoms with van der Waals surface area (Å²) in [7, 11) is 0.